The first-order valence-electron chi connectivity index (χ1n) is 23.7. The van der Waals surface area contributed by atoms with Crippen LogP contribution < -0.4 is 0 Å². The molecule has 342 valence electrons. The van der Waals surface area contributed by atoms with E-state index in [1.165, 1.54) is 11.1 Å². The molecule has 0 aliphatic carbocycles. The van der Waals surface area contributed by atoms with Crippen molar-refractivity contribution in [2.45, 2.75) is 77.0 Å². The summed E-state index contributed by atoms with van der Waals surface area (Å²) in [5.41, 5.74) is 13.4. The minimum absolute atomic E-state index is 0. The van der Waals surface area contributed by atoms with Crippen LogP contribution in [0.4, 0.5) is 0 Å². The van der Waals surface area contributed by atoms with Gasteiger partial charge in [0.05, 0.1) is 11.4 Å². The summed E-state index contributed by atoms with van der Waals surface area (Å²) < 4.78 is 0. The maximum absolute atomic E-state index is 12.7. The molecule has 3 nitrogen and oxygen atoms in total. The van der Waals surface area contributed by atoms with Crippen molar-refractivity contribution in [1.82, 2.24) is 4.98 Å². The molecule has 9 rings (SSSR count). The van der Waals surface area contributed by atoms with Crippen molar-refractivity contribution < 1.29 is 36.1 Å². The smallest absolute Gasteiger partial charge is 0.127 e. The van der Waals surface area contributed by atoms with Crippen LogP contribution in [0.25, 0.3) is 44.8 Å². The first-order chi connectivity index (χ1) is 32.6. The summed E-state index contributed by atoms with van der Waals surface area (Å²) in [7, 11) is 0. The minimum Gasteiger partial charge on any atom is -0.507 e. The third-order valence-corrected chi connectivity index (χ3v) is 14.7. The molecule has 2 N–H and O–H groups in total. The maximum Gasteiger partial charge on any atom is 0.127 e. The summed E-state index contributed by atoms with van der Waals surface area (Å²) in [6, 6.07) is 73.5. The van der Waals surface area contributed by atoms with Crippen molar-refractivity contribution in [3.8, 4) is 56.3 Å². The van der Waals surface area contributed by atoms with Gasteiger partial charge in [-0.05, 0) is 68.8 Å². The number of hydrogen-bond donors (Lipinski definition) is 2. The molecular formula is C65H61HfNO2. The first kappa shape index (κ1) is 48.8. The molecule has 0 fully saturated rings. The normalized spacial score (nSPS) is 12.1. The third-order valence-electron chi connectivity index (χ3n) is 14.7. The van der Waals surface area contributed by atoms with Gasteiger partial charge in [0, 0.05) is 80.9 Å². The average molecular weight is 1070 g/mol. The molecule has 0 aliphatic rings. The molecule has 4 heteroatoms. The number of phenols is 2. The summed E-state index contributed by atoms with van der Waals surface area (Å²) in [5, 5.41) is 25.3. The van der Waals surface area contributed by atoms with Crippen LogP contribution in [-0.4, -0.2) is 15.2 Å². The van der Waals surface area contributed by atoms with Gasteiger partial charge in [0.15, 0.2) is 0 Å². The van der Waals surface area contributed by atoms with Gasteiger partial charge in [-0.25, -0.2) is 4.98 Å². The van der Waals surface area contributed by atoms with Crippen molar-refractivity contribution in [3.63, 3.8) is 0 Å². The van der Waals surface area contributed by atoms with E-state index in [1.54, 1.807) is 0 Å². The average Bonchev–Trinajstić information content (AvgIpc) is 3.37. The molecule has 0 unspecified atom stereocenters. The Morgan fingerprint density at radius 1 is 0.275 bits per heavy atom. The topological polar surface area (TPSA) is 53.4 Å². The van der Waals surface area contributed by atoms with Crippen LogP contribution >= 0.6 is 0 Å². The van der Waals surface area contributed by atoms with E-state index in [9.17, 15) is 10.2 Å². The molecule has 0 amide bonds. The number of nitrogens with zero attached hydrogens (tertiary/aromatic N) is 1. The Morgan fingerprint density at radius 2 is 0.551 bits per heavy atom. The van der Waals surface area contributed by atoms with E-state index in [0.29, 0.717) is 0 Å². The molecule has 1 aromatic heterocycles. The van der Waals surface area contributed by atoms with Gasteiger partial charge in [-0.1, -0.05) is 243 Å². The fourth-order valence-electron chi connectivity index (χ4n) is 10.0. The number of aromatic hydroxyl groups is 2. The van der Waals surface area contributed by atoms with Gasteiger partial charge >= 0.3 is 0 Å². The molecule has 1 heterocycles. The number of phenolic OH excluding ortho intramolecular Hbond substituents is 2. The van der Waals surface area contributed by atoms with Gasteiger partial charge < -0.3 is 10.2 Å². The van der Waals surface area contributed by atoms with Crippen molar-refractivity contribution >= 4 is 0 Å². The molecule has 9 aromatic rings. The van der Waals surface area contributed by atoms with Gasteiger partial charge in [0.25, 0.3) is 0 Å². The Morgan fingerprint density at radius 3 is 0.870 bits per heavy atom. The second kappa shape index (κ2) is 19.4. The fraction of sp³-hybridized carbons (Fsp3) is 0.185. The van der Waals surface area contributed by atoms with Crippen LogP contribution in [0.1, 0.15) is 99.9 Å². The number of rotatable bonds is 12. The Hall–Kier alpha value is -6.62. The van der Waals surface area contributed by atoms with Crippen LogP contribution in [0.2, 0.25) is 0 Å². The Kier molecular flexibility index (Phi) is 13.7. The zero-order chi connectivity index (χ0) is 47.8. The first-order valence-corrected chi connectivity index (χ1v) is 23.7. The van der Waals surface area contributed by atoms with Crippen molar-refractivity contribution in [3.05, 3.63) is 257 Å². The van der Waals surface area contributed by atoms with Gasteiger partial charge in [-0.3, -0.25) is 0 Å². The number of hydrogen-bond acceptors (Lipinski definition) is 3. The Bertz CT molecular complexity index is 3010. The molecule has 0 saturated heterocycles. The molecule has 0 radical (unpaired) electrons. The predicted octanol–water partition coefficient (Wildman–Crippen LogP) is 16.5. The maximum atomic E-state index is 12.7. The Balaban J connectivity index is 0.00000642. The minimum atomic E-state index is -0.519. The summed E-state index contributed by atoms with van der Waals surface area (Å²) in [5.74, 6) is 0.506. The third kappa shape index (κ3) is 9.20. The van der Waals surface area contributed by atoms with Crippen LogP contribution in [-0.2, 0) is 47.5 Å². The molecule has 0 aliphatic heterocycles. The number of benzene rings is 8. The largest absolute Gasteiger partial charge is 0.507 e. The second-order valence-corrected chi connectivity index (χ2v) is 20.3. The second-order valence-electron chi connectivity index (χ2n) is 20.3. The number of pyridine rings is 1. The Labute approximate surface area is 428 Å². The monoisotopic (exact) mass is 1070 g/mol. The summed E-state index contributed by atoms with van der Waals surface area (Å²) >= 11 is 0. The molecule has 0 saturated carbocycles. The summed E-state index contributed by atoms with van der Waals surface area (Å²) in [4.78, 5) is 5.46. The summed E-state index contributed by atoms with van der Waals surface area (Å²) in [6.07, 6.45) is 0. The molecule has 0 atom stereocenters. The predicted molar refractivity (Wildman–Crippen MR) is 284 cm³/mol. The molecule has 0 spiro atoms. The zero-order valence-corrected chi connectivity index (χ0v) is 44.6. The van der Waals surface area contributed by atoms with Crippen molar-refractivity contribution in [2.24, 2.45) is 0 Å². The van der Waals surface area contributed by atoms with Gasteiger partial charge in [-0.2, -0.15) is 0 Å². The molecule has 69 heavy (non-hydrogen) atoms. The van der Waals surface area contributed by atoms with E-state index in [1.807, 2.05) is 36.4 Å². The van der Waals surface area contributed by atoms with Gasteiger partial charge in [-0.15, -0.1) is 0 Å². The number of aromatic nitrogens is 1. The van der Waals surface area contributed by atoms with E-state index in [-0.39, 0.29) is 48.2 Å². The summed E-state index contributed by atoms with van der Waals surface area (Å²) in [6.45, 7) is 17.8. The van der Waals surface area contributed by atoms with E-state index >= 15 is 0 Å². The van der Waals surface area contributed by atoms with Crippen LogP contribution in [0.5, 0.6) is 11.5 Å². The molecule has 8 aromatic carbocycles. The fourth-order valence-corrected chi connectivity index (χ4v) is 10.0. The van der Waals surface area contributed by atoms with E-state index in [4.69, 9.17) is 4.98 Å². The van der Waals surface area contributed by atoms with Crippen LogP contribution in [0, 0.1) is 0 Å². The van der Waals surface area contributed by atoms with E-state index in [0.717, 1.165) is 78.1 Å². The van der Waals surface area contributed by atoms with Crippen molar-refractivity contribution in [2.75, 3.05) is 0 Å². The van der Waals surface area contributed by atoms with Gasteiger partial charge in [0.1, 0.15) is 11.5 Å². The standard InChI is InChI=1S/C65H61NO2.Hf/c1-62(2,44-26-13-9-14-27-44)48-40-54(60(67)56(42-48)64(5,6)46-30-17-11-18-31-46)50-34-21-23-36-52(50)58-38-25-39-59(66-58)53-37-24-22-35-51(53)55-41-49(63(3,4)45-28-15-10-16-29-45)43-57(61(55)68)65(7,8)47-32-19-12-20-33-47;/h9-43,67-68H,1-8H3;. The van der Waals surface area contributed by atoms with Gasteiger partial charge in [0.2, 0.25) is 0 Å². The van der Waals surface area contributed by atoms with Crippen molar-refractivity contribution in [1.29, 1.82) is 0 Å². The van der Waals surface area contributed by atoms with E-state index in [2.05, 4.69) is 231 Å². The quantitative estimate of drug-likeness (QED) is 0.120. The van der Waals surface area contributed by atoms with Crippen LogP contribution in [0.3, 0.4) is 0 Å². The SMILES string of the molecule is CC(C)(c1ccccc1)c1cc(-c2ccccc2-c2cccc(-c3ccccc3-c3cc(C(C)(C)c4ccccc4)cc(C(C)(C)c4ccccc4)c3O)n2)c(O)c(C(C)(C)c2ccccc2)c1.[Hf]. The zero-order valence-electron chi connectivity index (χ0n) is 41.0. The molecular weight excluding hydrogens is 1010 g/mol. The van der Waals surface area contributed by atoms with E-state index < -0.39 is 10.8 Å². The molecule has 0 bridgehead atoms. The van der Waals surface area contributed by atoms with Crippen LogP contribution in [0.15, 0.2) is 212 Å².